The first kappa shape index (κ1) is 19.4. The summed E-state index contributed by atoms with van der Waals surface area (Å²) in [6.45, 7) is 2.16. The van der Waals surface area contributed by atoms with Gasteiger partial charge in [0, 0.05) is 12.1 Å². The molecule has 1 amide bonds. The van der Waals surface area contributed by atoms with E-state index in [1.54, 1.807) is 0 Å². The number of hydrogen-bond donors (Lipinski definition) is 4. The van der Waals surface area contributed by atoms with Crippen molar-refractivity contribution in [3.05, 3.63) is 30.3 Å². The van der Waals surface area contributed by atoms with E-state index in [9.17, 15) is 9.90 Å². The third kappa shape index (κ3) is 9.86. The van der Waals surface area contributed by atoms with Gasteiger partial charge in [-0.05, 0) is 37.2 Å². The lowest BCUT2D eigenvalue weighted by molar-refractivity contribution is -0.122. The molecule has 0 aliphatic heterocycles. The molecule has 1 rings (SSSR count). The molecule has 23 heavy (non-hydrogen) atoms. The van der Waals surface area contributed by atoms with Gasteiger partial charge in [0.25, 0.3) is 0 Å². The topological polar surface area (TPSA) is 73.4 Å². The summed E-state index contributed by atoms with van der Waals surface area (Å²) in [5.41, 5.74) is 6.03. The van der Waals surface area contributed by atoms with Gasteiger partial charge in [0.15, 0.2) is 5.11 Å². The Balaban J connectivity index is 2.10. The second kappa shape index (κ2) is 11.8. The van der Waals surface area contributed by atoms with E-state index in [1.165, 1.54) is 12.8 Å². The fraction of sp³-hybridized carbons (Fsp3) is 0.529. The highest BCUT2D eigenvalue weighted by Gasteiger charge is 2.08. The SMILES string of the molecule is CCCCCC[C@@H](O)CCC(=O)NNC(=S)Nc1ccccc1. The Morgan fingerprint density at radius 2 is 1.87 bits per heavy atom. The number of rotatable bonds is 9. The average Bonchev–Trinajstić information content (AvgIpc) is 2.56. The lowest BCUT2D eigenvalue weighted by Gasteiger charge is -2.13. The zero-order chi connectivity index (χ0) is 16.9. The minimum atomic E-state index is -0.410. The first-order valence-corrected chi connectivity index (χ1v) is 8.61. The van der Waals surface area contributed by atoms with Crippen LogP contribution in [0.2, 0.25) is 0 Å². The smallest absolute Gasteiger partial charge is 0.238 e. The van der Waals surface area contributed by atoms with Crippen LogP contribution in [-0.4, -0.2) is 22.2 Å². The Morgan fingerprint density at radius 1 is 1.13 bits per heavy atom. The Bertz CT molecular complexity index is 468. The molecule has 6 heteroatoms. The summed E-state index contributed by atoms with van der Waals surface area (Å²) in [6, 6.07) is 9.46. The summed E-state index contributed by atoms with van der Waals surface area (Å²) >= 11 is 5.09. The van der Waals surface area contributed by atoms with E-state index in [4.69, 9.17) is 12.2 Å². The second-order valence-corrected chi connectivity index (χ2v) is 5.94. The molecule has 0 heterocycles. The number of benzene rings is 1. The number of carbonyl (C=O) groups is 1. The zero-order valence-corrected chi connectivity index (χ0v) is 14.5. The van der Waals surface area contributed by atoms with Crippen LogP contribution in [0.1, 0.15) is 51.9 Å². The predicted octanol–water partition coefficient (Wildman–Crippen LogP) is 3.12. The molecule has 0 fully saturated rings. The van der Waals surface area contributed by atoms with E-state index in [-0.39, 0.29) is 12.3 Å². The number of nitrogens with one attached hydrogen (secondary N) is 3. The van der Waals surface area contributed by atoms with Gasteiger partial charge in [-0.1, -0.05) is 50.8 Å². The van der Waals surface area contributed by atoms with Crippen molar-refractivity contribution in [2.24, 2.45) is 0 Å². The molecule has 0 saturated heterocycles. The number of carbonyl (C=O) groups excluding carboxylic acids is 1. The maximum atomic E-state index is 11.7. The quantitative estimate of drug-likeness (QED) is 0.316. The van der Waals surface area contributed by atoms with Gasteiger partial charge in [-0.2, -0.15) is 0 Å². The molecule has 1 aromatic rings. The number of thiocarbonyl (C=S) groups is 1. The largest absolute Gasteiger partial charge is 0.393 e. The number of amides is 1. The van der Waals surface area contributed by atoms with Crippen LogP contribution in [0.4, 0.5) is 5.69 Å². The van der Waals surface area contributed by atoms with Gasteiger partial charge in [-0.15, -0.1) is 0 Å². The molecule has 0 radical (unpaired) electrons. The van der Waals surface area contributed by atoms with E-state index in [2.05, 4.69) is 23.1 Å². The summed E-state index contributed by atoms with van der Waals surface area (Å²) in [4.78, 5) is 11.7. The predicted molar refractivity (Wildman–Crippen MR) is 97.9 cm³/mol. The molecule has 128 valence electrons. The maximum Gasteiger partial charge on any atom is 0.238 e. The number of unbranched alkanes of at least 4 members (excludes halogenated alkanes) is 3. The Morgan fingerprint density at radius 3 is 2.57 bits per heavy atom. The standard InChI is InChI=1S/C17H27N3O2S/c1-2-3-4-8-11-15(21)12-13-16(22)19-20-17(23)18-14-9-6-5-7-10-14/h5-7,9-10,15,21H,2-4,8,11-13H2,1H3,(H,19,22)(H2,18,20,23)/t15-/m1/s1. The molecule has 1 atom stereocenters. The Hall–Kier alpha value is -1.66. The lowest BCUT2D eigenvalue weighted by Crippen LogP contribution is -2.43. The number of aliphatic hydroxyl groups is 1. The molecule has 0 unspecified atom stereocenters. The van der Waals surface area contributed by atoms with Gasteiger partial charge in [0.1, 0.15) is 0 Å². The van der Waals surface area contributed by atoms with E-state index in [0.29, 0.717) is 11.5 Å². The molecule has 4 N–H and O–H groups in total. The number of aliphatic hydroxyl groups excluding tert-OH is 1. The molecule has 0 aromatic heterocycles. The Labute approximate surface area is 143 Å². The second-order valence-electron chi connectivity index (χ2n) is 5.54. The summed E-state index contributed by atoms with van der Waals surface area (Å²) in [5.74, 6) is -0.185. The maximum absolute atomic E-state index is 11.7. The summed E-state index contributed by atoms with van der Waals surface area (Å²) in [5, 5.41) is 13.1. The number of hydrazine groups is 1. The highest BCUT2D eigenvalue weighted by atomic mass is 32.1. The van der Waals surface area contributed by atoms with Crippen molar-refractivity contribution in [3.63, 3.8) is 0 Å². The van der Waals surface area contributed by atoms with Crippen molar-refractivity contribution in [1.29, 1.82) is 0 Å². The Kier molecular flexibility index (Phi) is 9.99. The van der Waals surface area contributed by atoms with Crippen molar-refractivity contribution >= 4 is 28.9 Å². The normalized spacial score (nSPS) is 11.6. The van der Waals surface area contributed by atoms with Crippen LogP contribution in [0.15, 0.2) is 30.3 Å². The minimum absolute atomic E-state index is 0.185. The minimum Gasteiger partial charge on any atom is -0.393 e. The van der Waals surface area contributed by atoms with Gasteiger partial charge in [-0.3, -0.25) is 15.6 Å². The molecular weight excluding hydrogens is 310 g/mol. The third-order valence-electron chi connectivity index (χ3n) is 3.44. The van der Waals surface area contributed by atoms with Gasteiger partial charge < -0.3 is 10.4 Å². The van der Waals surface area contributed by atoms with Crippen LogP contribution in [-0.2, 0) is 4.79 Å². The number of anilines is 1. The van der Waals surface area contributed by atoms with Crippen LogP contribution in [0.3, 0.4) is 0 Å². The molecular formula is C17H27N3O2S. The van der Waals surface area contributed by atoms with Crippen LogP contribution < -0.4 is 16.2 Å². The van der Waals surface area contributed by atoms with Gasteiger partial charge in [0.05, 0.1) is 6.10 Å². The fourth-order valence-electron chi connectivity index (χ4n) is 2.12. The average molecular weight is 337 g/mol. The fourth-order valence-corrected chi connectivity index (χ4v) is 2.29. The summed E-state index contributed by atoms with van der Waals surface area (Å²) in [6.07, 6.45) is 5.63. The lowest BCUT2D eigenvalue weighted by atomic mass is 10.1. The van der Waals surface area contributed by atoms with E-state index < -0.39 is 6.10 Å². The van der Waals surface area contributed by atoms with Crippen molar-refractivity contribution < 1.29 is 9.90 Å². The molecule has 0 saturated carbocycles. The van der Waals surface area contributed by atoms with Crippen LogP contribution in [0.5, 0.6) is 0 Å². The third-order valence-corrected chi connectivity index (χ3v) is 3.65. The zero-order valence-electron chi connectivity index (χ0n) is 13.7. The highest BCUT2D eigenvalue weighted by Crippen LogP contribution is 2.09. The first-order chi connectivity index (χ1) is 11.1. The first-order valence-electron chi connectivity index (χ1n) is 8.20. The van der Waals surface area contributed by atoms with E-state index >= 15 is 0 Å². The van der Waals surface area contributed by atoms with Gasteiger partial charge >= 0.3 is 0 Å². The van der Waals surface area contributed by atoms with Crippen molar-refractivity contribution in [2.75, 3.05) is 5.32 Å². The van der Waals surface area contributed by atoms with Gasteiger partial charge in [-0.25, -0.2) is 0 Å². The van der Waals surface area contributed by atoms with Crippen molar-refractivity contribution in [1.82, 2.24) is 10.9 Å². The molecule has 0 bridgehead atoms. The molecule has 1 aromatic carbocycles. The van der Waals surface area contributed by atoms with E-state index in [1.807, 2.05) is 30.3 Å². The van der Waals surface area contributed by atoms with Crippen molar-refractivity contribution in [3.8, 4) is 0 Å². The monoisotopic (exact) mass is 337 g/mol. The molecule has 0 aliphatic carbocycles. The van der Waals surface area contributed by atoms with E-state index in [0.717, 1.165) is 24.9 Å². The van der Waals surface area contributed by atoms with Gasteiger partial charge in [0.2, 0.25) is 5.91 Å². The number of hydrogen-bond acceptors (Lipinski definition) is 3. The highest BCUT2D eigenvalue weighted by molar-refractivity contribution is 7.80. The van der Waals surface area contributed by atoms with Crippen LogP contribution in [0, 0.1) is 0 Å². The van der Waals surface area contributed by atoms with Crippen LogP contribution >= 0.6 is 12.2 Å². The molecule has 0 aliphatic rings. The van der Waals surface area contributed by atoms with Crippen LogP contribution in [0.25, 0.3) is 0 Å². The summed E-state index contributed by atoms with van der Waals surface area (Å²) in [7, 11) is 0. The van der Waals surface area contributed by atoms with Crippen molar-refractivity contribution in [2.45, 2.75) is 58.0 Å². The molecule has 5 nitrogen and oxygen atoms in total. The number of para-hydroxylation sites is 1. The molecule has 0 spiro atoms. The summed E-state index contributed by atoms with van der Waals surface area (Å²) < 4.78 is 0.